The minimum Gasteiger partial charge on any atom is -0.496 e. The number of anilines is 1. The highest BCUT2D eigenvalue weighted by atomic mass is 32.1. The van der Waals surface area contributed by atoms with Crippen LogP contribution in [0.4, 0.5) is 5.13 Å². The second kappa shape index (κ2) is 9.40. The summed E-state index contributed by atoms with van der Waals surface area (Å²) in [5, 5.41) is 4.58. The Labute approximate surface area is 183 Å². The lowest BCUT2D eigenvalue weighted by molar-refractivity contribution is -0.131. The largest absolute Gasteiger partial charge is 0.496 e. The van der Waals surface area contributed by atoms with E-state index < -0.39 is 0 Å². The van der Waals surface area contributed by atoms with Crippen molar-refractivity contribution in [3.8, 4) is 5.75 Å². The summed E-state index contributed by atoms with van der Waals surface area (Å²) in [4.78, 5) is 34.4. The van der Waals surface area contributed by atoms with E-state index >= 15 is 0 Å². The summed E-state index contributed by atoms with van der Waals surface area (Å²) in [6.07, 6.45) is 1.64. The number of nitrogens with zero attached hydrogens (tertiary/aromatic N) is 3. The zero-order valence-electron chi connectivity index (χ0n) is 16.7. The van der Waals surface area contributed by atoms with E-state index in [1.54, 1.807) is 23.3 Å². The maximum Gasteiger partial charge on any atom is 0.229 e. The molecule has 1 aliphatic rings. The van der Waals surface area contributed by atoms with E-state index in [-0.39, 0.29) is 18.2 Å². The van der Waals surface area contributed by atoms with Crippen molar-refractivity contribution in [3.63, 3.8) is 0 Å². The Balaban J connectivity index is 1.50. The zero-order chi connectivity index (χ0) is 20.9. The molecule has 0 aliphatic carbocycles. The van der Waals surface area contributed by atoms with Crippen LogP contribution in [0.2, 0.25) is 0 Å². The van der Waals surface area contributed by atoms with Gasteiger partial charge in [-0.1, -0.05) is 24.3 Å². The van der Waals surface area contributed by atoms with Gasteiger partial charge in [0.25, 0.3) is 0 Å². The topological polar surface area (TPSA) is 62.7 Å². The lowest BCUT2D eigenvalue weighted by Crippen LogP contribution is -2.31. The van der Waals surface area contributed by atoms with Gasteiger partial charge in [-0.2, -0.15) is 0 Å². The highest BCUT2D eigenvalue weighted by molar-refractivity contribution is 7.14. The third kappa shape index (κ3) is 4.71. The van der Waals surface area contributed by atoms with E-state index in [1.807, 2.05) is 52.1 Å². The van der Waals surface area contributed by atoms with Crippen molar-refractivity contribution in [2.45, 2.75) is 32.4 Å². The van der Waals surface area contributed by atoms with Crippen LogP contribution in [0.15, 0.2) is 47.2 Å². The SMILES string of the molecule is COc1ccccc1CN(Cc1cccs1)C(=O)Cc1csc(N2CCCC2=O)n1. The van der Waals surface area contributed by atoms with Crippen molar-refractivity contribution in [1.82, 2.24) is 9.88 Å². The first-order valence-corrected chi connectivity index (χ1v) is 11.6. The van der Waals surface area contributed by atoms with Crippen molar-refractivity contribution < 1.29 is 14.3 Å². The van der Waals surface area contributed by atoms with Crippen molar-refractivity contribution >= 4 is 39.6 Å². The lowest BCUT2D eigenvalue weighted by atomic mass is 10.1. The molecule has 1 fully saturated rings. The second-order valence-electron chi connectivity index (χ2n) is 7.09. The first-order chi connectivity index (χ1) is 14.6. The molecule has 4 rings (SSSR count). The molecule has 0 radical (unpaired) electrons. The van der Waals surface area contributed by atoms with E-state index in [4.69, 9.17) is 4.74 Å². The Morgan fingerprint density at radius 3 is 2.80 bits per heavy atom. The van der Waals surface area contributed by atoms with Crippen LogP contribution in [0.1, 0.15) is 29.0 Å². The Hall–Kier alpha value is -2.71. The van der Waals surface area contributed by atoms with Crippen molar-refractivity contribution in [2.24, 2.45) is 0 Å². The average Bonchev–Trinajstić information content (AvgIpc) is 3.50. The molecule has 2 amide bonds. The Bertz CT molecular complexity index is 1020. The zero-order valence-corrected chi connectivity index (χ0v) is 18.4. The maximum absolute atomic E-state index is 13.2. The molecule has 0 atom stereocenters. The van der Waals surface area contributed by atoms with E-state index in [1.165, 1.54) is 11.3 Å². The minimum atomic E-state index is -0.00101. The first kappa shape index (κ1) is 20.6. The third-order valence-corrected chi connectivity index (χ3v) is 6.78. The minimum absolute atomic E-state index is 0.00101. The van der Waals surface area contributed by atoms with Gasteiger partial charge in [0.2, 0.25) is 11.8 Å². The number of thiazole rings is 1. The molecule has 8 heteroatoms. The number of thiophene rings is 1. The van der Waals surface area contributed by atoms with Crippen LogP contribution in [0, 0.1) is 0 Å². The lowest BCUT2D eigenvalue weighted by Gasteiger charge is -2.23. The molecule has 1 aliphatic heterocycles. The van der Waals surface area contributed by atoms with Crippen LogP contribution in [-0.2, 0) is 29.1 Å². The number of aromatic nitrogens is 1. The van der Waals surface area contributed by atoms with Gasteiger partial charge in [0.1, 0.15) is 5.75 Å². The van der Waals surface area contributed by atoms with Gasteiger partial charge in [-0.15, -0.1) is 22.7 Å². The quantitative estimate of drug-likeness (QED) is 0.528. The Kier molecular flexibility index (Phi) is 6.44. The molecular formula is C22H23N3O3S2. The Morgan fingerprint density at radius 2 is 2.07 bits per heavy atom. The summed E-state index contributed by atoms with van der Waals surface area (Å²) in [7, 11) is 1.64. The predicted octanol–water partition coefficient (Wildman–Crippen LogP) is 4.11. The molecule has 156 valence electrons. The molecule has 0 N–H and O–H groups in total. The van der Waals surface area contributed by atoms with Crippen molar-refractivity contribution in [1.29, 1.82) is 0 Å². The smallest absolute Gasteiger partial charge is 0.229 e. The number of para-hydroxylation sites is 1. The molecule has 3 heterocycles. The Morgan fingerprint density at radius 1 is 1.20 bits per heavy atom. The highest BCUT2D eigenvalue weighted by Gasteiger charge is 2.25. The molecule has 2 aromatic heterocycles. The number of carbonyl (C=O) groups excluding carboxylic acids is 2. The molecule has 0 unspecified atom stereocenters. The van der Waals surface area contributed by atoms with Gasteiger partial charge in [-0.25, -0.2) is 4.98 Å². The van der Waals surface area contributed by atoms with Crippen LogP contribution >= 0.6 is 22.7 Å². The molecule has 30 heavy (non-hydrogen) atoms. The average molecular weight is 442 g/mol. The number of amides is 2. The molecule has 0 saturated carbocycles. The molecule has 1 saturated heterocycles. The van der Waals surface area contributed by atoms with E-state index in [0.29, 0.717) is 36.9 Å². The molecule has 1 aromatic carbocycles. The van der Waals surface area contributed by atoms with Crippen molar-refractivity contribution in [2.75, 3.05) is 18.6 Å². The number of benzene rings is 1. The van der Waals surface area contributed by atoms with Gasteiger partial charge in [0.05, 0.1) is 25.8 Å². The number of methoxy groups -OCH3 is 1. The standard InChI is InChI=1S/C22H23N3O3S2/c1-28-19-8-3-2-6-16(19)13-24(14-18-7-5-11-29-18)21(27)12-17-15-30-22(23-17)25-10-4-9-20(25)26/h2-3,5-8,11,15H,4,9-10,12-14H2,1H3. The van der Waals surface area contributed by atoms with Gasteiger partial charge in [-0.3, -0.25) is 14.5 Å². The summed E-state index contributed by atoms with van der Waals surface area (Å²) in [6.45, 7) is 1.70. The summed E-state index contributed by atoms with van der Waals surface area (Å²) >= 11 is 3.06. The molecule has 0 bridgehead atoms. The van der Waals surface area contributed by atoms with Crippen LogP contribution < -0.4 is 9.64 Å². The van der Waals surface area contributed by atoms with E-state index in [0.717, 1.165) is 22.6 Å². The fourth-order valence-corrected chi connectivity index (χ4v) is 5.07. The molecule has 6 nitrogen and oxygen atoms in total. The van der Waals surface area contributed by atoms with Gasteiger partial charge in [-0.05, 0) is 23.9 Å². The molecular weight excluding hydrogens is 418 g/mol. The molecule has 0 spiro atoms. The maximum atomic E-state index is 13.2. The number of hydrogen-bond donors (Lipinski definition) is 0. The first-order valence-electron chi connectivity index (χ1n) is 9.81. The summed E-state index contributed by atoms with van der Waals surface area (Å²) in [6, 6.07) is 11.8. The highest BCUT2D eigenvalue weighted by Crippen LogP contribution is 2.26. The summed E-state index contributed by atoms with van der Waals surface area (Å²) in [5.41, 5.74) is 1.67. The predicted molar refractivity (Wildman–Crippen MR) is 119 cm³/mol. The molecule has 3 aromatic rings. The number of rotatable bonds is 8. The summed E-state index contributed by atoms with van der Waals surface area (Å²) < 4.78 is 5.47. The van der Waals surface area contributed by atoms with E-state index in [2.05, 4.69) is 4.98 Å². The number of ether oxygens (including phenoxy) is 1. The van der Waals surface area contributed by atoms with Gasteiger partial charge in [0, 0.05) is 35.3 Å². The van der Waals surface area contributed by atoms with Crippen LogP contribution in [0.25, 0.3) is 0 Å². The van der Waals surface area contributed by atoms with Crippen LogP contribution in [0.5, 0.6) is 5.75 Å². The number of carbonyl (C=O) groups is 2. The van der Waals surface area contributed by atoms with Gasteiger partial charge in [0.15, 0.2) is 5.13 Å². The van der Waals surface area contributed by atoms with Crippen LogP contribution in [0.3, 0.4) is 0 Å². The van der Waals surface area contributed by atoms with Gasteiger partial charge >= 0.3 is 0 Å². The third-order valence-electron chi connectivity index (χ3n) is 5.01. The van der Waals surface area contributed by atoms with Crippen LogP contribution in [-0.4, -0.2) is 35.4 Å². The normalized spacial score (nSPS) is 13.6. The van der Waals surface area contributed by atoms with Crippen molar-refractivity contribution in [3.05, 3.63) is 63.3 Å². The van der Waals surface area contributed by atoms with Gasteiger partial charge < -0.3 is 9.64 Å². The second-order valence-corrected chi connectivity index (χ2v) is 8.96. The fourth-order valence-electron chi connectivity index (χ4n) is 3.48. The number of hydrogen-bond acceptors (Lipinski definition) is 6. The van der Waals surface area contributed by atoms with E-state index in [9.17, 15) is 9.59 Å². The monoisotopic (exact) mass is 441 g/mol. The summed E-state index contributed by atoms with van der Waals surface area (Å²) in [5.74, 6) is 0.876. The fraction of sp³-hybridized carbons (Fsp3) is 0.318.